The van der Waals surface area contributed by atoms with Gasteiger partial charge >= 0.3 is 0 Å². The lowest BCUT2D eigenvalue weighted by Crippen LogP contribution is -2.24. The third-order valence-corrected chi connectivity index (χ3v) is 6.03. The average molecular weight is 411 g/mol. The van der Waals surface area contributed by atoms with Crippen LogP contribution in [0.2, 0.25) is 5.02 Å². The van der Waals surface area contributed by atoms with E-state index >= 15 is 0 Å². The number of halogens is 1. The summed E-state index contributed by atoms with van der Waals surface area (Å²) in [5.74, 6) is -0.139. The normalized spacial score (nSPS) is 11.1. The molecule has 0 radical (unpaired) electrons. The Kier molecular flexibility index (Phi) is 5.15. The number of hydrogen-bond acceptors (Lipinski definition) is 4. The van der Waals surface area contributed by atoms with E-state index in [4.69, 9.17) is 11.6 Å². The first-order valence-corrected chi connectivity index (χ1v) is 10.1. The molecular formula is C21H19ClN4OS. The van der Waals surface area contributed by atoms with Gasteiger partial charge in [0.2, 0.25) is 0 Å². The maximum atomic E-state index is 12.8. The van der Waals surface area contributed by atoms with E-state index in [1.165, 1.54) is 0 Å². The molecule has 142 valence electrons. The number of benzene rings is 2. The molecule has 1 N–H and O–H groups in total. The van der Waals surface area contributed by atoms with Gasteiger partial charge in [-0.2, -0.15) is 5.10 Å². The van der Waals surface area contributed by atoms with Gasteiger partial charge in [-0.25, -0.2) is 4.98 Å². The van der Waals surface area contributed by atoms with E-state index in [0.717, 1.165) is 26.5 Å². The van der Waals surface area contributed by atoms with Crippen LogP contribution >= 0.6 is 22.9 Å². The predicted octanol–water partition coefficient (Wildman–Crippen LogP) is 4.74. The molecule has 7 heteroatoms. The van der Waals surface area contributed by atoms with E-state index in [1.807, 2.05) is 67.1 Å². The van der Waals surface area contributed by atoms with Gasteiger partial charge in [-0.3, -0.25) is 9.48 Å². The molecule has 4 aromatic rings. The van der Waals surface area contributed by atoms with Crippen molar-refractivity contribution in [3.05, 3.63) is 81.1 Å². The van der Waals surface area contributed by atoms with Crippen LogP contribution in [0, 0.1) is 13.8 Å². The SMILES string of the molecule is Cc1nn(Cc2ccccc2Cl)c(C)c1C(=O)NCc1nc2ccccc2s1. The monoisotopic (exact) mass is 410 g/mol. The van der Waals surface area contributed by atoms with Gasteiger partial charge in [0.25, 0.3) is 5.91 Å². The molecule has 2 aromatic carbocycles. The fraction of sp³-hybridized carbons (Fsp3) is 0.190. The minimum absolute atomic E-state index is 0.139. The third-order valence-electron chi connectivity index (χ3n) is 4.62. The topological polar surface area (TPSA) is 59.8 Å². The average Bonchev–Trinajstić information content (AvgIpc) is 3.22. The van der Waals surface area contributed by atoms with Gasteiger partial charge in [0.1, 0.15) is 5.01 Å². The summed E-state index contributed by atoms with van der Waals surface area (Å²) in [6.07, 6.45) is 0. The van der Waals surface area contributed by atoms with Crippen molar-refractivity contribution in [2.45, 2.75) is 26.9 Å². The number of aryl methyl sites for hydroxylation is 1. The first-order chi connectivity index (χ1) is 13.5. The highest BCUT2D eigenvalue weighted by atomic mass is 35.5. The highest BCUT2D eigenvalue weighted by Crippen LogP contribution is 2.22. The minimum Gasteiger partial charge on any atom is -0.345 e. The number of aromatic nitrogens is 3. The van der Waals surface area contributed by atoms with Gasteiger partial charge in [0.05, 0.1) is 34.6 Å². The number of hydrogen-bond donors (Lipinski definition) is 1. The molecule has 0 aliphatic heterocycles. The van der Waals surface area contributed by atoms with Crippen LogP contribution in [0.25, 0.3) is 10.2 Å². The maximum Gasteiger partial charge on any atom is 0.255 e. The molecule has 0 fully saturated rings. The van der Waals surface area contributed by atoms with Crippen LogP contribution in [0.15, 0.2) is 48.5 Å². The van der Waals surface area contributed by atoms with Crippen molar-refractivity contribution >= 4 is 39.1 Å². The molecule has 4 rings (SSSR count). The van der Waals surface area contributed by atoms with Gasteiger partial charge in [0.15, 0.2) is 0 Å². The van der Waals surface area contributed by atoms with Crippen LogP contribution in [0.5, 0.6) is 0 Å². The molecule has 0 saturated carbocycles. The quantitative estimate of drug-likeness (QED) is 0.516. The summed E-state index contributed by atoms with van der Waals surface area (Å²) < 4.78 is 2.94. The summed E-state index contributed by atoms with van der Waals surface area (Å²) in [6, 6.07) is 15.6. The molecule has 0 atom stereocenters. The Hall–Kier alpha value is -2.70. The van der Waals surface area contributed by atoms with Gasteiger partial charge in [0, 0.05) is 10.7 Å². The Morgan fingerprint density at radius 2 is 1.89 bits per heavy atom. The minimum atomic E-state index is -0.139. The Morgan fingerprint density at radius 1 is 1.14 bits per heavy atom. The predicted molar refractivity (Wildman–Crippen MR) is 113 cm³/mol. The van der Waals surface area contributed by atoms with E-state index in [1.54, 1.807) is 11.3 Å². The van der Waals surface area contributed by atoms with Crippen LogP contribution in [-0.4, -0.2) is 20.7 Å². The first kappa shape index (κ1) is 18.7. The van der Waals surface area contributed by atoms with E-state index in [-0.39, 0.29) is 5.91 Å². The lowest BCUT2D eigenvalue weighted by atomic mass is 10.1. The Labute approximate surface area is 172 Å². The number of fused-ring (bicyclic) bond motifs is 1. The highest BCUT2D eigenvalue weighted by molar-refractivity contribution is 7.18. The van der Waals surface area contributed by atoms with Gasteiger partial charge in [-0.05, 0) is 37.6 Å². The molecule has 0 aliphatic rings. The summed E-state index contributed by atoms with van der Waals surface area (Å²) in [6.45, 7) is 4.68. The molecule has 28 heavy (non-hydrogen) atoms. The molecule has 1 amide bonds. The van der Waals surface area contributed by atoms with Crippen molar-refractivity contribution in [2.75, 3.05) is 0 Å². The van der Waals surface area contributed by atoms with Crippen molar-refractivity contribution in [2.24, 2.45) is 0 Å². The molecular weight excluding hydrogens is 392 g/mol. The molecule has 0 spiro atoms. The summed E-state index contributed by atoms with van der Waals surface area (Å²) in [5, 5.41) is 9.09. The number of rotatable bonds is 5. The molecule has 5 nitrogen and oxygen atoms in total. The standard InChI is InChI=1S/C21H19ClN4OS/c1-13-20(14(2)26(25-13)12-15-7-3-4-8-16(15)22)21(27)23-11-19-24-17-9-5-6-10-18(17)28-19/h3-10H,11-12H2,1-2H3,(H,23,27). The first-order valence-electron chi connectivity index (χ1n) is 8.93. The van der Waals surface area contributed by atoms with Crippen LogP contribution in [0.3, 0.4) is 0 Å². The number of nitrogens with one attached hydrogen (secondary N) is 1. The summed E-state index contributed by atoms with van der Waals surface area (Å²) in [7, 11) is 0. The molecule has 0 bridgehead atoms. The number of thiazole rings is 1. The maximum absolute atomic E-state index is 12.8. The largest absolute Gasteiger partial charge is 0.345 e. The fourth-order valence-electron chi connectivity index (χ4n) is 3.21. The summed E-state index contributed by atoms with van der Waals surface area (Å²) in [4.78, 5) is 17.4. The summed E-state index contributed by atoms with van der Waals surface area (Å²) in [5.41, 5.74) is 4.05. The van der Waals surface area contributed by atoms with Crippen molar-refractivity contribution < 1.29 is 4.79 Å². The van der Waals surface area contributed by atoms with Crippen molar-refractivity contribution in [3.8, 4) is 0 Å². The molecule has 0 saturated heterocycles. The fourth-order valence-corrected chi connectivity index (χ4v) is 4.31. The van der Waals surface area contributed by atoms with Crippen LogP contribution in [0.1, 0.15) is 32.3 Å². The van der Waals surface area contributed by atoms with Gasteiger partial charge in [-0.15, -0.1) is 11.3 Å². The van der Waals surface area contributed by atoms with Crippen LogP contribution in [-0.2, 0) is 13.1 Å². The lowest BCUT2D eigenvalue weighted by molar-refractivity contribution is 0.0949. The zero-order chi connectivity index (χ0) is 19.7. The van der Waals surface area contributed by atoms with Crippen LogP contribution in [0.4, 0.5) is 0 Å². The molecule has 0 unspecified atom stereocenters. The zero-order valence-corrected chi connectivity index (χ0v) is 17.1. The van der Waals surface area contributed by atoms with E-state index in [0.29, 0.717) is 29.4 Å². The van der Waals surface area contributed by atoms with E-state index in [2.05, 4.69) is 15.4 Å². The highest BCUT2D eigenvalue weighted by Gasteiger charge is 2.19. The number of carbonyl (C=O) groups is 1. The van der Waals surface area contributed by atoms with Crippen LogP contribution < -0.4 is 5.32 Å². The number of para-hydroxylation sites is 1. The second-order valence-corrected chi connectivity index (χ2v) is 8.08. The molecule has 0 aliphatic carbocycles. The van der Waals surface area contributed by atoms with Crippen molar-refractivity contribution in [3.63, 3.8) is 0 Å². The molecule has 2 heterocycles. The Bertz CT molecular complexity index is 1130. The zero-order valence-electron chi connectivity index (χ0n) is 15.6. The van der Waals surface area contributed by atoms with E-state index in [9.17, 15) is 4.79 Å². The lowest BCUT2D eigenvalue weighted by Gasteiger charge is -2.07. The second-order valence-electron chi connectivity index (χ2n) is 6.55. The summed E-state index contributed by atoms with van der Waals surface area (Å²) >= 11 is 7.85. The van der Waals surface area contributed by atoms with Crippen molar-refractivity contribution in [1.82, 2.24) is 20.1 Å². The molecule has 2 aromatic heterocycles. The number of amides is 1. The van der Waals surface area contributed by atoms with Gasteiger partial charge in [-0.1, -0.05) is 41.9 Å². The number of nitrogens with zero attached hydrogens (tertiary/aromatic N) is 3. The second kappa shape index (κ2) is 7.73. The third kappa shape index (κ3) is 3.66. The van der Waals surface area contributed by atoms with Crippen molar-refractivity contribution in [1.29, 1.82) is 0 Å². The smallest absolute Gasteiger partial charge is 0.255 e. The van der Waals surface area contributed by atoms with Gasteiger partial charge < -0.3 is 5.32 Å². The number of carbonyl (C=O) groups excluding carboxylic acids is 1. The van der Waals surface area contributed by atoms with E-state index < -0.39 is 0 Å². The Morgan fingerprint density at radius 3 is 2.68 bits per heavy atom. The Balaban J connectivity index is 1.51.